The lowest BCUT2D eigenvalue weighted by Gasteiger charge is -2.00. The number of aromatic nitrogens is 1. The van der Waals surface area contributed by atoms with Crippen molar-refractivity contribution in [2.75, 3.05) is 0 Å². The van der Waals surface area contributed by atoms with E-state index in [-0.39, 0.29) is 5.78 Å². The second kappa shape index (κ2) is 5.25. The Morgan fingerprint density at radius 2 is 2.00 bits per heavy atom. The number of fused-ring (bicyclic) bond motifs is 1. The number of hydrogen-bond donors (Lipinski definition) is 1. The van der Waals surface area contributed by atoms with Crippen LogP contribution in [0.25, 0.3) is 10.9 Å². The number of thiophene rings is 1. The van der Waals surface area contributed by atoms with Gasteiger partial charge in [0.05, 0.1) is 4.88 Å². The van der Waals surface area contributed by atoms with Gasteiger partial charge >= 0.3 is 0 Å². The molecule has 2 heterocycles. The molecule has 1 N–H and O–H groups in total. The van der Waals surface area contributed by atoms with E-state index in [9.17, 15) is 4.79 Å². The van der Waals surface area contributed by atoms with E-state index in [2.05, 4.69) is 24.9 Å². The van der Waals surface area contributed by atoms with Crippen LogP contribution in [-0.2, 0) is 12.8 Å². The number of hydrogen-bond acceptors (Lipinski definition) is 2. The van der Waals surface area contributed by atoms with Crippen molar-refractivity contribution >= 4 is 28.0 Å². The van der Waals surface area contributed by atoms with Crippen LogP contribution in [0.1, 0.15) is 39.5 Å². The molecular formula is C17H17NOS. The summed E-state index contributed by atoms with van der Waals surface area (Å²) in [5.74, 6) is 0.120. The van der Waals surface area contributed by atoms with Crippen LogP contribution in [-0.4, -0.2) is 10.8 Å². The molecule has 3 heteroatoms. The van der Waals surface area contributed by atoms with Gasteiger partial charge in [0.1, 0.15) is 0 Å². The van der Waals surface area contributed by atoms with Crippen LogP contribution in [0.3, 0.4) is 0 Å². The molecule has 0 radical (unpaired) electrons. The molecule has 3 aromatic rings. The second-order valence-corrected chi connectivity index (χ2v) is 6.01. The van der Waals surface area contributed by atoms with Crippen LogP contribution in [0.4, 0.5) is 0 Å². The van der Waals surface area contributed by atoms with Crippen molar-refractivity contribution in [1.29, 1.82) is 0 Å². The molecule has 102 valence electrons. The van der Waals surface area contributed by atoms with Gasteiger partial charge in [0.15, 0.2) is 0 Å². The maximum Gasteiger partial charge on any atom is 0.205 e. The molecule has 2 nitrogen and oxygen atoms in total. The first-order valence-electron chi connectivity index (χ1n) is 6.97. The highest BCUT2D eigenvalue weighted by atomic mass is 32.1. The fourth-order valence-corrected chi connectivity index (χ4v) is 3.42. The molecule has 2 aromatic heterocycles. The van der Waals surface area contributed by atoms with E-state index in [0.29, 0.717) is 0 Å². The van der Waals surface area contributed by atoms with Gasteiger partial charge in [-0.3, -0.25) is 4.79 Å². The number of ketones is 1. The highest BCUT2D eigenvalue weighted by Gasteiger charge is 2.16. The Morgan fingerprint density at radius 1 is 1.15 bits per heavy atom. The molecular weight excluding hydrogens is 266 g/mol. The van der Waals surface area contributed by atoms with E-state index in [1.807, 2.05) is 30.5 Å². The lowest BCUT2D eigenvalue weighted by atomic mass is 10.0. The first kappa shape index (κ1) is 13.1. The Labute approximate surface area is 122 Å². The lowest BCUT2D eigenvalue weighted by Crippen LogP contribution is -1.97. The van der Waals surface area contributed by atoms with Crippen LogP contribution in [0.15, 0.2) is 36.5 Å². The number of carbonyl (C=O) groups excluding carboxylic acids is 1. The third-order valence-electron chi connectivity index (χ3n) is 3.66. The maximum absolute atomic E-state index is 12.6. The van der Waals surface area contributed by atoms with E-state index in [0.717, 1.165) is 34.2 Å². The van der Waals surface area contributed by atoms with Gasteiger partial charge in [-0.25, -0.2) is 0 Å². The molecule has 20 heavy (non-hydrogen) atoms. The van der Waals surface area contributed by atoms with Crippen molar-refractivity contribution in [3.8, 4) is 0 Å². The quantitative estimate of drug-likeness (QED) is 0.698. The van der Waals surface area contributed by atoms with Crippen LogP contribution >= 0.6 is 11.3 Å². The zero-order chi connectivity index (χ0) is 14.1. The Hall–Kier alpha value is -1.87. The van der Waals surface area contributed by atoms with Crippen LogP contribution in [0.5, 0.6) is 0 Å². The van der Waals surface area contributed by atoms with E-state index in [1.54, 1.807) is 11.3 Å². The maximum atomic E-state index is 12.6. The molecule has 0 unspecified atom stereocenters. The number of aryl methyl sites for hydroxylation is 2. The molecule has 0 bridgehead atoms. The SMILES string of the molecule is CCc1ccc(C(=O)c2c[nH]c3c(CC)cccc23)s1. The topological polar surface area (TPSA) is 32.9 Å². The van der Waals surface area contributed by atoms with E-state index in [1.165, 1.54) is 10.4 Å². The first-order valence-corrected chi connectivity index (χ1v) is 7.78. The molecule has 0 atom stereocenters. The average molecular weight is 283 g/mol. The lowest BCUT2D eigenvalue weighted by molar-refractivity contribution is 0.104. The molecule has 0 spiro atoms. The number of rotatable bonds is 4. The summed E-state index contributed by atoms with van der Waals surface area (Å²) < 4.78 is 0. The Morgan fingerprint density at radius 3 is 2.70 bits per heavy atom. The number of H-pyrrole nitrogens is 1. The molecule has 1 aromatic carbocycles. The van der Waals surface area contributed by atoms with Crippen molar-refractivity contribution in [2.45, 2.75) is 26.7 Å². The zero-order valence-electron chi connectivity index (χ0n) is 11.7. The fourth-order valence-electron chi connectivity index (χ4n) is 2.52. The molecule has 0 aliphatic carbocycles. The van der Waals surface area contributed by atoms with Gasteiger partial charge in [-0.2, -0.15) is 0 Å². The smallest absolute Gasteiger partial charge is 0.205 e. The second-order valence-electron chi connectivity index (χ2n) is 4.84. The molecule has 0 saturated heterocycles. The Bertz CT molecular complexity index is 766. The number of carbonyl (C=O) groups is 1. The molecule has 0 aliphatic heterocycles. The normalized spacial score (nSPS) is 11.1. The standard InChI is InChI=1S/C17H17NOS/c1-3-11-6-5-7-13-14(10-18-16(11)13)17(19)15-9-8-12(4-2)20-15/h5-10,18H,3-4H2,1-2H3. The minimum atomic E-state index is 0.120. The summed E-state index contributed by atoms with van der Waals surface area (Å²) in [5.41, 5.74) is 3.12. The van der Waals surface area contributed by atoms with Crippen molar-refractivity contribution in [2.24, 2.45) is 0 Å². The van der Waals surface area contributed by atoms with E-state index in [4.69, 9.17) is 0 Å². The number of benzene rings is 1. The Kier molecular flexibility index (Phi) is 3.45. The molecule has 0 aliphatic rings. The largest absolute Gasteiger partial charge is 0.360 e. The van der Waals surface area contributed by atoms with Gasteiger partial charge in [0.2, 0.25) is 5.78 Å². The summed E-state index contributed by atoms with van der Waals surface area (Å²) in [4.78, 5) is 18.0. The average Bonchev–Trinajstić information content (AvgIpc) is 3.12. The van der Waals surface area contributed by atoms with Crippen molar-refractivity contribution in [1.82, 2.24) is 4.98 Å². The Balaban J connectivity index is 2.08. The van der Waals surface area contributed by atoms with Crippen LogP contribution < -0.4 is 0 Å². The molecule has 0 amide bonds. The molecule has 0 fully saturated rings. The van der Waals surface area contributed by atoms with Crippen LogP contribution in [0.2, 0.25) is 0 Å². The van der Waals surface area contributed by atoms with Gasteiger partial charge in [0.25, 0.3) is 0 Å². The summed E-state index contributed by atoms with van der Waals surface area (Å²) in [7, 11) is 0. The van der Waals surface area contributed by atoms with Gasteiger partial charge in [-0.05, 0) is 30.5 Å². The minimum Gasteiger partial charge on any atom is -0.360 e. The predicted octanol–water partition coefficient (Wildman–Crippen LogP) is 4.59. The molecule has 0 saturated carbocycles. The first-order chi connectivity index (χ1) is 9.74. The predicted molar refractivity (Wildman–Crippen MR) is 84.8 cm³/mol. The van der Waals surface area contributed by atoms with E-state index < -0.39 is 0 Å². The number of para-hydroxylation sites is 1. The van der Waals surface area contributed by atoms with Crippen molar-refractivity contribution < 1.29 is 4.79 Å². The summed E-state index contributed by atoms with van der Waals surface area (Å²) in [6.07, 6.45) is 3.79. The van der Waals surface area contributed by atoms with Crippen molar-refractivity contribution in [3.05, 3.63) is 57.4 Å². The third-order valence-corrected chi connectivity index (χ3v) is 4.89. The highest BCUT2D eigenvalue weighted by Crippen LogP contribution is 2.27. The molecule has 3 rings (SSSR count). The van der Waals surface area contributed by atoms with Gasteiger partial charge < -0.3 is 4.98 Å². The zero-order valence-corrected chi connectivity index (χ0v) is 12.5. The van der Waals surface area contributed by atoms with Crippen LogP contribution in [0, 0.1) is 0 Å². The third kappa shape index (κ3) is 2.08. The summed E-state index contributed by atoms with van der Waals surface area (Å²) in [6.45, 7) is 4.24. The monoisotopic (exact) mass is 283 g/mol. The fraction of sp³-hybridized carbons (Fsp3) is 0.235. The number of aromatic amines is 1. The minimum absolute atomic E-state index is 0.120. The summed E-state index contributed by atoms with van der Waals surface area (Å²) in [6, 6.07) is 10.1. The summed E-state index contributed by atoms with van der Waals surface area (Å²) >= 11 is 1.59. The number of nitrogens with one attached hydrogen (secondary N) is 1. The van der Waals surface area contributed by atoms with Gasteiger partial charge in [-0.1, -0.05) is 32.0 Å². The highest BCUT2D eigenvalue weighted by molar-refractivity contribution is 7.14. The summed E-state index contributed by atoms with van der Waals surface area (Å²) in [5, 5.41) is 1.03. The van der Waals surface area contributed by atoms with Gasteiger partial charge in [-0.15, -0.1) is 11.3 Å². The van der Waals surface area contributed by atoms with Gasteiger partial charge in [0, 0.05) is 27.5 Å². The van der Waals surface area contributed by atoms with E-state index >= 15 is 0 Å². The van der Waals surface area contributed by atoms with Crippen molar-refractivity contribution in [3.63, 3.8) is 0 Å².